The van der Waals surface area contributed by atoms with Crippen LogP contribution in [0.4, 0.5) is 5.69 Å². The molecule has 7 heteroatoms. The molecule has 0 saturated carbocycles. The molecule has 0 atom stereocenters. The first-order chi connectivity index (χ1) is 8.90. The van der Waals surface area contributed by atoms with Crippen LogP contribution in [0, 0.1) is 10.1 Å². The Labute approximate surface area is 119 Å². The third-order valence-corrected chi connectivity index (χ3v) is 2.82. The maximum absolute atomic E-state index is 11.4. The van der Waals surface area contributed by atoms with Gasteiger partial charge in [0.05, 0.1) is 28.5 Å². The summed E-state index contributed by atoms with van der Waals surface area (Å²) in [6, 6.07) is 4.33. The fraction of sp³-hybridized carbons (Fsp3) is 0.417. The Morgan fingerprint density at radius 2 is 2.21 bits per heavy atom. The van der Waals surface area contributed by atoms with Crippen molar-refractivity contribution >= 4 is 27.5 Å². The van der Waals surface area contributed by atoms with E-state index in [9.17, 15) is 14.9 Å². The van der Waals surface area contributed by atoms with Gasteiger partial charge in [-0.1, -0.05) is 0 Å². The number of non-ortho nitro benzene ring substituents is 1. The Morgan fingerprint density at radius 1 is 1.53 bits per heavy atom. The van der Waals surface area contributed by atoms with E-state index in [1.165, 1.54) is 12.1 Å². The van der Waals surface area contributed by atoms with Gasteiger partial charge < -0.3 is 10.1 Å². The van der Waals surface area contributed by atoms with Crippen molar-refractivity contribution in [2.45, 2.75) is 26.3 Å². The molecule has 0 spiro atoms. The molecule has 1 aromatic carbocycles. The van der Waals surface area contributed by atoms with E-state index >= 15 is 0 Å². The van der Waals surface area contributed by atoms with Gasteiger partial charge in [-0.25, -0.2) is 0 Å². The third-order valence-electron chi connectivity index (χ3n) is 2.16. The Morgan fingerprint density at radius 3 is 2.79 bits per heavy atom. The highest BCUT2D eigenvalue weighted by Crippen LogP contribution is 2.29. The van der Waals surface area contributed by atoms with E-state index in [0.29, 0.717) is 10.2 Å². The van der Waals surface area contributed by atoms with Crippen molar-refractivity contribution in [2.75, 3.05) is 6.61 Å². The predicted octanol–water partition coefficient (Wildman–Crippen LogP) is 2.65. The van der Waals surface area contributed by atoms with Gasteiger partial charge in [0.15, 0.2) is 0 Å². The number of nitrogens with zero attached hydrogens (tertiary/aromatic N) is 1. The molecule has 1 N–H and O–H groups in total. The number of hydrogen-bond donors (Lipinski definition) is 1. The number of amides is 1. The van der Waals surface area contributed by atoms with Crippen LogP contribution in [-0.4, -0.2) is 23.5 Å². The summed E-state index contributed by atoms with van der Waals surface area (Å²) in [6.45, 7) is 3.91. The Bertz CT molecular complexity index is 477. The topological polar surface area (TPSA) is 81.5 Å². The maximum Gasteiger partial charge on any atom is 0.273 e. The van der Waals surface area contributed by atoms with Gasteiger partial charge >= 0.3 is 0 Å². The SMILES string of the molecule is CC(C)NC(=O)CCOc1cc([N+](=O)[O-])ccc1Br. The fourth-order valence-corrected chi connectivity index (χ4v) is 1.73. The number of benzene rings is 1. The largest absolute Gasteiger partial charge is 0.492 e. The van der Waals surface area contributed by atoms with Crippen LogP contribution < -0.4 is 10.1 Å². The van der Waals surface area contributed by atoms with Crippen LogP contribution in [0.2, 0.25) is 0 Å². The molecule has 0 aliphatic heterocycles. The summed E-state index contributed by atoms with van der Waals surface area (Å²) in [5.41, 5.74) is -0.0511. The van der Waals surface area contributed by atoms with E-state index in [0.717, 1.165) is 0 Å². The van der Waals surface area contributed by atoms with Gasteiger partial charge in [-0.15, -0.1) is 0 Å². The van der Waals surface area contributed by atoms with Crippen LogP contribution >= 0.6 is 15.9 Å². The van der Waals surface area contributed by atoms with Crippen molar-refractivity contribution < 1.29 is 14.5 Å². The van der Waals surface area contributed by atoms with Crippen molar-refractivity contribution in [1.82, 2.24) is 5.32 Å². The van der Waals surface area contributed by atoms with Crippen molar-refractivity contribution in [3.05, 3.63) is 32.8 Å². The molecular formula is C12H15BrN2O4. The lowest BCUT2D eigenvalue weighted by Crippen LogP contribution is -2.31. The number of hydrogen-bond acceptors (Lipinski definition) is 4. The number of rotatable bonds is 6. The highest BCUT2D eigenvalue weighted by molar-refractivity contribution is 9.10. The molecule has 0 radical (unpaired) electrons. The summed E-state index contributed by atoms with van der Waals surface area (Å²) in [7, 11) is 0. The highest BCUT2D eigenvalue weighted by Gasteiger charge is 2.11. The molecule has 1 aromatic rings. The summed E-state index contributed by atoms with van der Waals surface area (Å²) < 4.78 is 5.98. The molecule has 1 amide bonds. The molecule has 0 unspecified atom stereocenters. The zero-order valence-corrected chi connectivity index (χ0v) is 12.3. The van der Waals surface area contributed by atoms with Gasteiger partial charge in [-0.05, 0) is 35.8 Å². The normalized spacial score (nSPS) is 10.3. The zero-order chi connectivity index (χ0) is 14.4. The lowest BCUT2D eigenvalue weighted by atomic mass is 10.3. The van der Waals surface area contributed by atoms with Crippen LogP contribution in [0.15, 0.2) is 22.7 Å². The molecular weight excluding hydrogens is 316 g/mol. The summed E-state index contributed by atoms with van der Waals surface area (Å²) in [5, 5.41) is 13.4. The van der Waals surface area contributed by atoms with Crippen molar-refractivity contribution in [3.8, 4) is 5.75 Å². The second-order valence-electron chi connectivity index (χ2n) is 4.19. The highest BCUT2D eigenvalue weighted by atomic mass is 79.9. The average molecular weight is 331 g/mol. The second kappa shape index (κ2) is 7.08. The zero-order valence-electron chi connectivity index (χ0n) is 10.7. The van der Waals surface area contributed by atoms with Gasteiger partial charge in [0.2, 0.25) is 5.91 Å². The summed E-state index contributed by atoms with van der Waals surface area (Å²) in [6.07, 6.45) is 0.202. The van der Waals surface area contributed by atoms with Crippen molar-refractivity contribution in [2.24, 2.45) is 0 Å². The number of ether oxygens (including phenoxy) is 1. The lowest BCUT2D eigenvalue weighted by Gasteiger charge is -2.10. The van der Waals surface area contributed by atoms with Gasteiger partial charge in [0.25, 0.3) is 5.69 Å². The monoisotopic (exact) mass is 330 g/mol. The molecule has 6 nitrogen and oxygen atoms in total. The maximum atomic E-state index is 11.4. The standard InChI is InChI=1S/C12H15BrN2O4/c1-8(2)14-12(16)5-6-19-11-7-9(15(17)18)3-4-10(11)13/h3-4,7-8H,5-6H2,1-2H3,(H,14,16). The minimum Gasteiger partial charge on any atom is -0.492 e. The summed E-state index contributed by atoms with van der Waals surface area (Å²) in [5.74, 6) is 0.239. The summed E-state index contributed by atoms with van der Waals surface area (Å²) >= 11 is 3.24. The van der Waals surface area contributed by atoms with E-state index in [-0.39, 0.29) is 30.7 Å². The van der Waals surface area contributed by atoms with Gasteiger partial charge in [-0.2, -0.15) is 0 Å². The second-order valence-corrected chi connectivity index (χ2v) is 5.05. The van der Waals surface area contributed by atoms with Crippen molar-refractivity contribution in [3.63, 3.8) is 0 Å². The molecule has 0 aliphatic rings. The number of halogens is 1. The average Bonchev–Trinajstić information content (AvgIpc) is 2.30. The van der Waals surface area contributed by atoms with Gasteiger partial charge in [0, 0.05) is 12.1 Å². The molecule has 1 rings (SSSR count). The molecule has 0 bridgehead atoms. The minimum atomic E-state index is -0.495. The molecule has 0 saturated heterocycles. The molecule has 0 heterocycles. The number of carbonyl (C=O) groups excluding carboxylic acids is 1. The van der Waals surface area contributed by atoms with E-state index in [1.54, 1.807) is 6.07 Å². The van der Waals surface area contributed by atoms with Gasteiger partial charge in [-0.3, -0.25) is 14.9 Å². The number of nitro benzene ring substituents is 1. The molecule has 104 valence electrons. The Hall–Kier alpha value is -1.63. The Balaban J connectivity index is 2.55. The van der Waals surface area contributed by atoms with E-state index in [1.807, 2.05) is 13.8 Å². The van der Waals surface area contributed by atoms with Crippen LogP contribution in [0.3, 0.4) is 0 Å². The molecule has 0 aliphatic carbocycles. The van der Waals surface area contributed by atoms with Crippen LogP contribution in [0.1, 0.15) is 20.3 Å². The Kier molecular flexibility index (Phi) is 5.75. The quantitative estimate of drug-likeness (QED) is 0.642. The van der Waals surface area contributed by atoms with Crippen LogP contribution in [-0.2, 0) is 4.79 Å². The van der Waals surface area contributed by atoms with Crippen molar-refractivity contribution in [1.29, 1.82) is 0 Å². The lowest BCUT2D eigenvalue weighted by molar-refractivity contribution is -0.385. The number of nitro groups is 1. The number of carbonyl (C=O) groups is 1. The van der Waals surface area contributed by atoms with Crippen LogP contribution in [0.5, 0.6) is 5.75 Å². The molecule has 19 heavy (non-hydrogen) atoms. The first kappa shape index (κ1) is 15.4. The first-order valence-electron chi connectivity index (χ1n) is 5.76. The number of nitrogens with one attached hydrogen (secondary N) is 1. The van der Waals surface area contributed by atoms with E-state index < -0.39 is 4.92 Å². The van der Waals surface area contributed by atoms with E-state index in [4.69, 9.17) is 4.74 Å². The third kappa shape index (κ3) is 5.25. The first-order valence-corrected chi connectivity index (χ1v) is 6.55. The predicted molar refractivity (Wildman–Crippen MR) is 74.2 cm³/mol. The molecule has 0 aromatic heterocycles. The fourth-order valence-electron chi connectivity index (χ4n) is 1.36. The van der Waals surface area contributed by atoms with Gasteiger partial charge in [0.1, 0.15) is 5.75 Å². The smallest absolute Gasteiger partial charge is 0.273 e. The summed E-state index contributed by atoms with van der Waals surface area (Å²) in [4.78, 5) is 21.5. The molecule has 0 fully saturated rings. The minimum absolute atomic E-state index is 0.0511. The van der Waals surface area contributed by atoms with E-state index in [2.05, 4.69) is 21.2 Å². The van der Waals surface area contributed by atoms with Crippen LogP contribution in [0.25, 0.3) is 0 Å².